The van der Waals surface area contributed by atoms with Gasteiger partial charge in [-0.1, -0.05) is 54.1 Å². The maximum Gasteiger partial charge on any atom is 0.253 e. The van der Waals surface area contributed by atoms with E-state index in [1.165, 1.54) is 4.90 Å². The Morgan fingerprint density at radius 3 is 2.40 bits per heavy atom. The zero-order valence-corrected chi connectivity index (χ0v) is 24.7. The molecule has 1 spiro atoms. The highest BCUT2D eigenvalue weighted by Gasteiger charge is 2.78. The zero-order valence-electron chi connectivity index (χ0n) is 24.0. The van der Waals surface area contributed by atoms with Crippen LogP contribution in [0.5, 0.6) is 0 Å². The van der Waals surface area contributed by atoms with Gasteiger partial charge in [0.15, 0.2) is 0 Å². The zero-order chi connectivity index (χ0) is 30.1. The van der Waals surface area contributed by atoms with Crippen molar-refractivity contribution >= 4 is 35.0 Å². The summed E-state index contributed by atoms with van der Waals surface area (Å²) in [6.07, 6.45) is 4.63. The number of nitrogens with zero attached hydrogens (tertiary/aromatic N) is 3. The number of rotatable bonds is 12. The van der Waals surface area contributed by atoms with Gasteiger partial charge in [0.25, 0.3) is 5.91 Å². The van der Waals surface area contributed by atoms with E-state index in [0.29, 0.717) is 43.1 Å². The molecule has 3 saturated heterocycles. The predicted octanol–water partition coefficient (Wildman–Crippen LogP) is 4.22. The number of anilines is 1. The van der Waals surface area contributed by atoms with Crippen LogP contribution in [-0.4, -0.2) is 76.1 Å². The Morgan fingerprint density at radius 1 is 1.07 bits per heavy atom. The van der Waals surface area contributed by atoms with E-state index in [9.17, 15) is 19.5 Å². The molecule has 3 heterocycles. The van der Waals surface area contributed by atoms with E-state index in [-0.39, 0.29) is 37.4 Å². The minimum Gasteiger partial charge on any atom is -0.396 e. The molecule has 2 aromatic carbocycles. The molecular weight excluding hydrogens is 554 g/mol. The number of hydrogen-bond donors (Lipinski definition) is 1. The van der Waals surface area contributed by atoms with Crippen molar-refractivity contribution in [3.05, 3.63) is 90.5 Å². The average Bonchev–Trinajstić information content (AvgIpc) is 3.55. The molecule has 0 saturated carbocycles. The van der Waals surface area contributed by atoms with Gasteiger partial charge in [-0.25, -0.2) is 0 Å². The van der Waals surface area contributed by atoms with Gasteiger partial charge in [-0.15, -0.1) is 13.2 Å². The van der Waals surface area contributed by atoms with Gasteiger partial charge in [0.2, 0.25) is 11.8 Å². The highest BCUT2D eigenvalue weighted by Crippen LogP contribution is 2.63. The summed E-state index contributed by atoms with van der Waals surface area (Å²) in [5.41, 5.74) is -0.490. The maximum absolute atomic E-state index is 14.5. The van der Waals surface area contributed by atoms with Crippen LogP contribution in [0.25, 0.3) is 0 Å². The van der Waals surface area contributed by atoms with Crippen LogP contribution < -0.4 is 4.90 Å². The topological polar surface area (TPSA) is 90.4 Å². The number of hydrogen-bond acceptors (Lipinski definition) is 5. The Kier molecular flexibility index (Phi) is 8.60. The smallest absolute Gasteiger partial charge is 0.253 e. The summed E-state index contributed by atoms with van der Waals surface area (Å²) in [6, 6.07) is 15.7. The van der Waals surface area contributed by atoms with Crippen LogP contribution in [0.15, 0.2) is 79.9 Å². The first-order chi connectivity index (χ1) is 20.2. The molecule has 42 heavy (non-hydrogen) atoms. The Hall–Kier alpha value is -3.46. The molecule has 1 N–H and O–H groups in total. The molecule has 9 heteroatoms. The summed E-state index contributed by atoms with van der Waals surface area (Å²) >= 11 is 6.12. The van der Waals surface area contributed by atoms with Gasteiger partial charge in [-0.05, 0) is 56.0 Å². The minimum atomic E-state index is -1.17. The average molecular weight is 592 g/mol. The van der Waals surface area contributed by atoms with E-state index >= 15 is 0 Å². The van der Waals surface area contributed by atoms with E-state index < -0.39 is 29.1 Å². The van der Waals surface area contributed by atoms with Gasteiger partial charge in [0, 0.05) is 43.5 Å². The second kappa shape index (κ2) is 12.0. The summed E-state index contributed by atoms with van der Waals surface area (Å²) in [4.78, 5) is 48.0. The van der Waals surface area contributed by atoms with Gasteiger partial charge in [-0.2, -0.15) is 0 Å². The van der Waals surface area contributed by atoms with Gasteiger partial charge >= 0.3 is 0 Å². The molecule has 3 aliphatic rings. The first-order valence-corrected chi connectivity index (χ1v) is 14.8. The summed E-state index contributed by atoms with van der Waals surface area (Å²) < 4.78 is 6.79. The van der Waals surface area contributed by atoms with E-state index in [1.54, 1.807) is 46.2 Å². The predicted molar refractivity (Wildman–Crippen MR) is 162 cm³/mol. The van der Waals surface area contributed by atoms with Crippen LogP contribution in [0, 0.1) is 11.8 Å². The molecule has 5 atom stereocenters. The van der Waals surface area contributed by atoms with Crippen molar-refractivity contribution in [1.29, 1.82) is 0 Å². The Balaban J connectivity index is 1.54. The third-order valence-electron chi connectivity index (χ3n) is 8.93. The number of aliphatic hydroxyl groups excluding tert-OH is 1. The fourth-order valence-electron chi connectivity index (χ4n) is 7.17. The molecule has 2 bridgehead atoms. The Morgan fingerprint density at radius 2 is 1.76 bits per heavy atom. The van der Waals surface area contributed by atoms with Gasteiger partial charge in [0.1, 0.15) is 11.6 Å². The number of likely N-dealkylation sites (tertiary alicyclic amines) is 1. The molecule has 8 nitrogen and oxygen atoms in total. The molecular formula is C33H38ClN3O5. The molecule has 3 aliphatic heterocycles. The van der Waals surface area contributed by atoms with E-state index in [0.717, 1.165) is 5.56 Å². The highest BCUT2D eigenvalue weighted by atomic mass is 35.5. The van der Waals surface area contributed by atoms with E-state index in [1.807, 2.05) is 37.3 Å². The molecule has 3 amide bonds. The number of amides is 3. The molecule has 2 aromatic rings. The van der Waals surface area contributed by atoms with Gasteiger partial charge in [0.05, 0.1) is 17.4 Å². The second-order valence-corrected chi connectivity index (χ2v) is 12.0. The van der Waals surface area contributed by atoms with Crippen LogP contribution in [0.3, 0.4) is 0 Å². The standard InChI is InChI=1S/C33H38ClN3O5/c1-4-18-35(22-23-10-7-6-8-11-23)29(39)26-27-30(40)37(20-9-21-38)28(33(27)17-16-32(26,3)42-33)31(41)36(19-5-2)25-14-12-24(34)13-15-25/h4-8,10-15,26-28,38H,1-2,9,16-22H2,3H3/t26-,27+,28?,32+,33?/m1/s1. The van der Waals surface area contributed by atoms with Crippen LogP contribution in [0.2, 0.25) is 5.02 Å². The fourth-order valence-corrected chi connectivity index (χ4v) is 7.30. The molecule has 0 aliphatic carbocycles. The Bertz CT molecular complexity index is 1350. The lowest BCUT2D eigenvalue weighted by Crippen LogP contribution is -2.56. The molecule has 5 rings (SSSR count). The van der Waals surface area contributed by atoms with E-state index in [4.69, 9.17) is 16.3 Å². The van der Waals surface area contributed by atoms with Crippen molar-refractivity contribution in [3.8, 4) is 0 Å². The summed E-state index contributed by atoms with van der Waals surface area (Å²) in [7, 11) is 0. The SMILES string of the molecule is C=CCN(Cc1ccccc1)C(=O)[C@H]1[C@H]2C(=O)N(CCCO)C(C(=O)N(CC=C)c3ccc(Cl)cc3)C23CC[C@]1(C)O3. The van der Waals surface area contributed by atoms with Gasteiger partial charge in [-0.3, -0.25) is 14.4 Å². The normalized spacial score (nSPS) is 27.5. The third kappa shape index (κ3) is 5.06. The number of ether oxygens (including phenoxy) is 1. The van der Waals surface area contributed by atoms with Crippen molar-refractivity contribution in [2.45, 2.75) is 50.0 Å². The number of halogens is 1. The number of benzene rings is 2. The monoisotopic (exact) mass is 591 g/mol. The van der Waals surface area contributed by atoms with Crippen molar-refractivity contribution in [1.82, 2.24) is 9.80 Å². The number of carbonyl (C=O) groups is 3. The third-order valence-corrected chi connectivity index (χ3v) is 9.18. The van der Waals surface area contributed by atoms with Crippen LogP contribution >= 0.6 is 11.6 Å². The Labute approximate surface area is 252 Å². The molecule has 222 valence electrons. The summed E-state index contributed by atoms with van der Waals surface area (Å²) in [6.45, 7) is 10.5. The van der Waals surface area contributed by atoms with Crippen molar-refractivity contribution in [2.75, 3.05) is 31.1 Å². The van der Waals surface area contributed by atoms with Gasteiger partial charge < -0.3 is 24.5 Å². The maximum atomic E-state index is 14.5. The quantitative estimate of drug-likeness (QED) is 0.373. The lowest BCUT2D eigenvalue weighted by atomic mass is 9.66. The fraction of sp³-hybridized carbons (Fsp3) is 0.424. The molecule has 0 radical (unpaired) electrons. The summed E-state index contributed by atoms with van der Waals surface area (Å²) in [5.74, 6) is -2.36. The molecule has 3 fully saturated rings. The van der Waals surface area contributed by atoms with Crippen LogP contribution in [0.4, 0.5) is 5.69 Å². The second-order valence-electron chi connectivity index (χ2n) is 11.5. The first kappa shape index (κ1) is 30.0. The van der Waals surface area contributed by atoms with Crippen LogP contribution in [-0.2, 0) is 25.7 Å². The number of carbonyl (C=O) groups excluding carboxylic acids is 3. The number of fused-ring (bicyclic) bond motifs is 1. The molecule has 0 aromatic heterocycles. The van der Waals surface area contributed by atoms with Crippen molar-refractivity contribution in [3.63, 3.8) is 0 Å². The van der Waals surface area contributed by atoms with Crippen molar-refractivity contribution < 1.29 is 24.2 Å². The highest BCUT2D eigenvalue weighted by molar-refractivity contribution is 6.30. The lowest BCUT2D eigenvalue weighted by Gasteiger charge is -2.37. The minimum absolute atomic E-state index is 0.138. The largest absolute Gasteiger partial charge is 0.396 e. The number of aliphatic hydroxyl groups is 1. The van der Waals surface area contributed by atoms with Crippen molar-refractivity contribution in [2.24, 2.45) is 11.8 Å². The molecule has 2 unspecified atom stereocenters. The summed E-state index contributed by atoms with van der Waals surface area (Å²) in [5, 5.41) is 10.2. The van der Waals surface area contributed by atoms with Crippen LogP contribution in [0.1, 0.15) is 31.7 Å². The van der Waals surface area contributed by atoms with E-state index in [2.05, 4.69) is 13.2 Å². The lowest BCUT2D eigenvalue weighted by molar-refractivity contribution is -0.150. The first-order valence-electron chi connectivity index (χ1n) is 14.4.